The summed E-state index contributed by atoms with van der Waals surface area (Å²) in [5.41, 5.74) is 0. The molecule has 5 heteroatoms. The lowest BCUT2D eigenvalue weighted by Gasteiger charge is -2.09. The van der Waals surface area contributed by atoms with Crippen LogP contribution in [0.2, 0.25) is 0 Å². The van der Waals surface area contributed by atoms with E-state index in [0.717, 1.165) is 0 Å². The molecule has 0 aliphatic carbocycles. The van der Waals surface area contributed by atoms with Crippen molar-refractivity contribution in [2.45, 2.75) is 19.2 Å². The van der Waals surface area contributed by atoms with Crippen LogP contribution in [-0.4, -0.2) is 23.2 Å². The number of hydrogen-bond donors (Lipinski definition) is 1. The van der Waals surface area contributed by atoms with Crippen molar-refractivity contribution >= 4 is 5.78 Å². The lowest BCUT2D eigenvalue weighted by atomic mass is 10.2. The largest absolute Gasteiger partial charge is 0.421 e. The van der Waals surface area contributed by atoms with Crippen molar-refractivity contribution in [1.29, 1.82) is 0 Å². The zero-order chi connectivity index (χ0) is 7.65. The Morgan fingerprint density at radius 3 is 1.89 bits per heavy atom. The van der Waals surface area contributed by atoms with Gasteiger partial charge in [0.25, 0.3) is 0 Å². The monoisotopic (exact) mass is 142 g/mol. The quantitative estimate of drug-likeness (QED) is 0.578. The summed E-state index contributed by atoms with van der Waals surface area (Å²) in [5.74, 6) is -1.29. The zero-order valence-corrected chi connectivity index (χ0v) is 4.57. The first-order valence-corrected chi connectivity index (χ1v) is 2.11. The molecule has 0 aromatic rings. The second-order valence-electron chi connectivity index (χ2n) is 1.55. The molecular formula is C4H5F3O2. The van der Waals surface area contributed by atoms with Gasteiger partial charge in [0.2, 0.25) is 6.10 Å². The molecule has 0 aliphatic heterocycles. The Hall–Kier alpha value is -0.580. The number of ketones is 1. The van der Waals surface area contributed by atoms with Crippen molar-refractivity contribution < 1.29 is 23.1 Å². The predicted molar refractivity (Wildman–Crippen MR) is 22.7 cm³/mol. The van der Waals surface area contributed by atoms with Crippen molar-refractivity contribution in [3.8, 4) is 0 Å². The lowest BCUT2D eigenvalue weighted by Crippen LogP contribution is -2.34. The predicted octanol–water partition coefficient (Wildman–Crippen LogP) is 0.499. The molecule has 9 heavy (non-hydrogen) atoms. The van der Waals surface area contributed by atoms with Gasteiger partial charge in [-0.1, -0.05) is 0 Å². The number of rotatable bonds is 1. The Bertz CT molecular complexity index is 117. The van der Waals surface area contributed by atoms with E-state index in [1.54, 1.807) is 0 Å². The van der Waals surface area contributed by atoms with Gasteiger partial charge in [0.05, 0.1) is 0 Å². The first-order chi connectivity index (χ1) is 3.85. The van der Waals surface area contributed by atoms with Gasteiger partial charge in [0.1, 0.15) is 0 Å². The summed E-state index contributed by atoms with van der Waals surface area (Å²) in [5, 5.41) is 7.99. The second-order valence-corrected chi connectivity index (χ2v) is 1.55. The van der Waals surface area contributed by atoms with Gasteiger partial charge in [-0.3, -0.25) is 4.79 Å². The van der Waals surface area contributed by atoms with E-state index in [4.69, 9.17) is 5.11 Å². The molecule has 0 saturated heterocycles. The van der Waals surface area contributed by atoms with E-state index < -0.39 is 18.1 Å². The minimum absolute atomic E-state index is 0.679. The summed E-state index contributed by atoms with van der Waals surface area (Å²) in [6, 6.07) is 0. The fraction of sp³-hybridized carbons (Fsp3) is 0.750. The van der Waals surface area contributed by atoms with E-state index in [1.807, 2.05) is 0 Å². The number of carbonyl (C=O) groups is 1. The van der Waals surface area contributed by atoms with E-state index in [2.05, 4.69) is 0 Å². The van der Waals surface area contributed by atoms with Gasteiger partial charge in [-0.2, -0.15) is 13.2 Å². The number of alkyl halides is 3. The third-order valence-electron chi connectivity index (χ3n) is 0.695. The average Bonchev–Trinajstić information content (AvgIpc) is 1.62. The third kappa shape index (κ3) is 2.46. The molecule has 0 radical (unpaired) electrons. The van der Waals surface area contributed by atoms with Gasteiger partial charge < -0.3 is 5.11 Å². The number of Topliss-reactive ketones (excluding diaryl/α,β-unsaturated/α-hetero) is 1. The van der Waals surface area contributed by atoms with Crippen LogP contribution >= 0.6 is 0 Å². The molecule has 1 atom stereocenters. The number of carbonyl (C=O) groups excluding carboxylic acids is 1. The maximum atomic E-state index is 11.2. The van der Waals surface area contributed by atoms with Crippen LogP contribution in [0.5, 0.6) is 0 Å². The second kappa shape index (κ2) is 2.34. The Morgan fingerprint density at radius 2 is 1.89 bits per heavy atom. The molecule has 0 fully saturated rings. The normalized spacial score (nSPS) is 15.2. The Morgan fingerprint density at radius 1 is 1.56 bits per heavy atom. The molecule has 0 heterocycles. The summed E-state index contributed by atoms with van der Waals surface area (Å²) in [7, 11) is 0. The van der Waals surface area contributed by atoms with Crippen LogP contribution in [0.15, 0.2) is 0 Å². The summed E-state index contributed by atoms with van der Waals surface area (Å²) >= 11 is 0. The van der Waals surface area contributed by atoms with Gasteiger partial charge in [-0.15, -0.1) is 0 Å². The Balaban J connectivity index is 4.04. The minimum Gasteiger partial charge on any atom is -0.377 e. The summed E-state index contributed by atoms with van der Waals surface area (Å²) < 4.78 is 33.7. The minimum atomic E-state index is -4.81. The molecular weight excluding hydrogens is 137 g/mol. The van der Waals surface area contributed by atoms with E-state index in [9.17, 15) is 18.0 Å². The van der Waals surface area contributed by atoms with Crippen molar-refractivity contribution in [2.24, 2.45) is 0 Å². The smallest absolute Gasteiger partial charge is 0.377 e. The maximum Gasteiger partial charge on any atom is 0.421 e. The van der Waals surface area contributed by atoms with E-state index in [-0.39, 0.29) is 0 Å². The molecule has 0 rings (SSSR count). The van der Waals surface area contributed by atoms with Crippen molar-refractivity contribution in [1.82, 2.24) is 0 Å². The SMILES string of the molecule is CC(=O)[C@@H](O)C(F)(F)F. The highest BCUT2D eigenvalue weighted by Crippen LogP contribution is 2.19. The molecule has 2 nitrogen and oxygen atoms in total. The van der Waals surface area contributed by atoms with E-state index in [1.165, 1.54) is 0 Å². The van der Waals surface area contributed by atoms with Crippen LogP contribution in [0.3, 0.4) is 0 Å². The highest BCUT2D eigenvalue weighted by molar-refractivity contribution is 5.80. The molecule has 0 unspecified atom stereocenters. The molecule has 0 bridgehead atoms. The molecule has 0 amide bonds. The average molecular weight is 142 g/mol. The first-order valence-electron chi connectivity index (χ1n) is 2.11. The summed E-state index contributed by atoms with van der Waals surface area (Å²) in [4.78, 5) is 9.82. The number of aliphatic hydroxyl groups excluding tert-OH is 1. The lowest BCUT2D eigenvalue weighted by molar-refractivity contribution is -0.202. The highest BCUT2D eigenvalue weighted by atomic mass is 19.4. The van der Waals surface area contributed by atoms with Gasteiger partial charge >= 0.3 is 6.18 Å². The number of aliphatic hydroxyl groups is 1. The van der Waals surface area contributed by atoms with Crippen LogP contribution in [0.25, 0.3) is 0 Å². The van der Waals surface area contributed by atoms with Gasteiger partial charge in [-0.05, 0) is 6.92 Å². The van der Waals surface area contributed by atoms with Gasteiger partial charge in [0.15, 0.2) is 5.78 Å². The molecule has 0 spiro atoms. The number of halogens is 3. The van der Waals surface area contributed by atoms with Crippen molar-refractivity contribution in [2.75, 3.05) is 0 Å². The summed E-state index contributed by atoms with van der Waals surface area (Å²) in [6.45, 7) is 0.679. The zero-order valence-electron chi connectivity index (χ0n) is 4.57. The maximum absolute atomic E-state index is 11.2. The Kier molecular flexibility index (Phi) is 2.19. The van der Waals surface area contributed by atoms with Gasteiger partial charge in [-0.25, -0.2) is 0 Å². The topological polar surface area (TPSA) is 37.3 Å². The standard InChI is InChI=1S/C4H5F3O2/c1-2(8)3(9)4(5,6)7/h3,9H,1H3/t3-/m1/s1. The first kappa shape index (κ1) is 8.42. The van der Waals surface area contributed by atoms with Crippen LogP contribution in [-0.2, 0) is 4.79 Å². The van der Waals surface area contributed by atoms with Crippen molar-refractivity contribution in [3.05, 3.63) is 0 Å². The molecule has 0 aromatic carbocycles. The summed E-state index contributed by atoms with van der Waals surface area (Å²) in [6.07, 6.45) is -7.64. The molecule has 0 aromatic heterocycles. The third-order valence-corrected chi connectivity index (χ3v) is 0.695. The van der Waals surface area contributed by atoms with Gasteiger partial charge in [0, 0.05) is 0 Å². The molecule has 0 aliphatic rings. The molecule has 1 N–H and O–H groups in total. The van der Waals surface area contributed by atoms with Crippen LogP contribution in [0, 0.1) is 0 Å². The highest BCUT2D eigenvalue weighted by Gasteiger charge is 2.41. The van der Waals surface area contributed by atoms with Crippen molar-refractivity contribution in [3.63, 3.8) is 0 Å². The van der Waals surface area contributed by atoms with E-state index in [0.29, 0.717) is 6.92 Å². The fourth-order valence-corrected chi connectivity index (χ4v) is 0.230. The van der Waals surface area contributed by atoms with Crippen LogP contribution in [0.1, 0.15) is 6.92 Å². The molecule has 0 saturated carbocycles. The number of hydrogen-bond acceptors (Lipinski definition) is 2. The fourth-order valence-electron chi connectivity index (χ4n) is 0.230. The van der Waals surface area contributed by atoms with Crippen LogP contribution < -0.4 is 0 Å². The van der Waals surface area contributed by atoms with E-state index >= 15 is 0 Å². The van der Waals surface area contributed by atoms with Crippen LogP contribution in [0.4, 0.5) is 13.2 Å². The molecule has 54 valence electrons. The Labute approximate surface area is 49.3 Å².